The molecule has 0 aliphatic heterocycles. The van der Waals surface area contributed by atoms with Gasteiger partial charge >= 0.3 is 0 Å². The molecule has 3 saturated carbocycles. The molecule has 210 valence electrons. The van der Waals surface area contributed by atoms with Crippen LogP contribution in [0.5, 0.6) is 0 Å². The van der Waals surface area contributed by atoms with Gasteiger partial charge in [-0.2, -0.15) is 0 Å². The second kappa shape index (κ2) is 12.3. The van der Waals surface area contributed by atoms with Crippen molar-refractivity contribution in [1.29, 1.82) is 0 Å². The van der Waals surface area contributed by atoms with E-state index in [1.807, 2.05) is 48.3 Å². The number of carbonyl (C=O) groups excluding carboxylic acids is 2. The first kappa shape index (κ1) is 28.0. The van der Waals surface area contributed by atoms with E-state index in [9.17, 15) is 9.59 Å². The van der Waals surface area contributed by atoms with Crippen LogP contribution in [0.25, 0.3) is 22.4 Å². The number of nitrogens with one attached hydrogen (secondary N) is 1. The van der Waals surface area contributed by atoms with E-state index in [-0.39, 0.29) is 11.4 Å². The quantitative estimate of drug-likeness (QED) is 0.383. The molecule has 0 unspecified atom stereocenters. The normalized spacial score (nSPS) is 18.1. The second-order valence-electron chi connectivity index (χ2n) is 11.6. The van der Waals surface area contributed by atoms with Gasteiger partial charge in [-0.25, -0.2) is 0 Å². The molecule has 7 heteroatoms. The fourth-order valence-electron chi connectivity index (χ4n) is 5.76. The van der Waals surface area contributed by atoms with Crippen molar-refractivity contribution in [1.82, 2.24) is 15.1 Å². The van der Waals surface area contributed by atoms with Crippen LogP contribution in [0.3, 0.4) is 0 Å². The van der Waals surface area contributed by atoms with Crippen molar-refractivity contribution >= 4 is 17.6 Å². The van der Waals surface area contributed by atoms with Crippen molar-refractivity contribution < 1.29 is 9.59 Å². The van der Waals surface area contributed by atoms with Gasteiger partial charge < -0.3 is 16.0 Å². The van der Waals surface area contributed by atoms with E-state index in [0.29, 0.717) is 23.7 Å². The zero-order valence-corrected chi connectivity index (χ0v) is 23.7. The third-order valence-electron chi connectivity index (χ3n) is 8.56. The number of nitrogens with zero attached hydrogens (tertiary/aromatic N) is 3. The van der Waals surface area contributed by atoms with E-state index in [1.165, 1.54) is 51.0 Å². The lowest BCUT2D eigenvalue weighted by Gasteiger charge is -2.38. The van der Waals surface area contributed by atoms with Crippen LogP contribution in [-0.2, 0) is 15.1 Å². The van der Waals surface area contributed by atoms with Crippen LogP contribution in [0.2, 0.25) is 0 Å². The van der Waals surface area contributed by atoms with Crippen LogP contribution < -0.4 is 11.1 Å². The Kier molecular flexibility index (Phi) is 8.60. The van der Waals surface area contributed by atoms with Crippen molar-refractivity contribution in [2.24, 2.45) is 11.7 Å². The molecule has 3 aliphatic carbocycles. The lowest BCUT2D eigenvalue weighted by molar-refractivity contribution is -0.133. The van der Waals surface area contributed by atoms with Gasteiger partial charge in [-0.1, -0.05) is 73.9 Å². The molecule has 3 aliphatic rings. The van der Waals surface area contributed by atoms with Gasteiger partial charge in [-0.3, -0.25) is 9.59 Å². The third kappa shape index (κ3) is 6.58. The molecular weight excluding hydrogens is 498 g/mol. The van der Waals surface area contributed by atoms with Gasteiger partial charge in [0.1, 0.15) is 5.69 Å². The Hall–Kier alpha value is -3.58. The van der Waals surface area contributed by atoms with Crippen molar-refractivity contribution in [2.45, 2.75) is 82.7 Å². The molecule has 2 amide bonds. The molecule has 7 nitrogen and oxygen atoms in total. The molecule has 3 fully saturated rings. The molecular formula is C33H41N5O2. The molecule has 0 saturated heterocycles. The summed E-state index contributed by atoms with van der Waals surface area (Å²) < 4.78 is 0. The number of rotatable bonds is 6. The number of nitrogens with two attached hydrogens (primary N) is 1. The van der Waals surface area contributed by atoms with Crippen molar-refractivity contribution in [3.63, 3.8) is 0 Å². The van der Waals surface area contributed by atoms with Crippen LogP contribution in [0, 0.1) is 5.92 Å². The summed E-state index contributed by atoms with van der Waals surface area (Å²) in [4.78, 5) is 25.1. The number of anilines is 1. The highest BCUT2D eigenvalue weighted by Gasteiger charge is 2.35. The Morgan fingerprint density at radius 3 is 2.12 bits per heavy atom. The molecule has 1 heterocycles. The summed E-state index contributed by atoms with van der Waals surface area (Å²) in [6.07, 6.45) is 12.0. The Morgan fingerprint density at radius 1 is 0.875 bits per heavy atom. The number of hydrogen-bond donors (Lipinski definition) is 2. The number of aromatic nitrogens is 2. The molecule has 3 aromatic rings. The molecule has 3 N–H and O–H groups in total. The van der Waals surface area contributed by atoms with E-state index in [2.05, 4.69) is 39.8 Å². The first-order chi connectivity index (χ1) is 19.3. The Bertz CT molecular complexity index is 1310. The Morgan fingerprint density at radius 2 is 1.55 bits per heavy atom. The van der Waals surface area contributed by atoms with E-state index < -0.39 is 0 Å². The summed E-state index contributed by atoms with van der Waals surface area (Å²) in [5, 5.41) is 11.3. The molecule has 0 atom stereocenters. The van der Waals surface area contributed by atoms with Gasteiger partial charge in [0, 0.05) is 42.6 Å². The Balaban J connectivity index is 0.000000207. The van der Waals surface area contributed by atoms with Gasteiger partial charge in [-0.05, 0) is 62.1 Å². The minimum Gasteiger partial charge on any atom is -0.343 e. The highest BCUT2D eigenvalue weighted by atomic mass is 16.2. The maximum atomic E-state index is 11.7. The molecule has 2 aromatic carbocycles. The summed E-state index contributed by atoms with van der Waals surface area (Å²) >= 11 is 0. The van der Waals surface area contributed by atoms with E-state index in [0.717, 1.165) is 48.1 Å². The predicted octanol–water partition coefficient (Wildman–Crippen LogP) is 6.29. The standard InChI is InChI=1S/C22H22N4O.C11H19NO/c1-15(27)24-20-14-19(16-6-3-2-4-7-16)21(26-25-20)17-8-10-18(11-9-17)22(23)12-5-13-22;1-12(11(13)9-7-8-9)10-5-3-2-4-6-10/h2-4,6-11,14H,5,12-13,23H2,1H3,(H,24,25,27);9-10H,2-8H2,1H3. The van der Waals surface area contributed by atoms with E-state index in [1.54, 1.807) is 0 Å². The molecule has 6 rings (SSSR count). The topological polar surface area (TPSA) is 101 Å². The van der Waals surface area contributed by atoms with Crippen LogP contribution in [0.1, 0.15) is 76.7 Å². The highest BCUT2D eigenvalue weighted by Crippen LogP contribution is 2.40. The highest BCUT2D eigenvalue weighted by molar-refractivity contribution is 5.90. The first-order valence-corrected chi connectivity index (χ1v) is 14.7. The van der Waals surface area contributed by atoms with Gasteiger partial charge in [-0.15, -0.1) is 10.2 Å². The van der Waals surface area contributed by atoms with Crippen molar-refractivity contribution in [3.05, 3.63) is 66.2 Å². The summed E-state index contributed by atoms with van der Waals surface area (Å²) in [7, 11) is 2.00. The van der Waals surface area contributed by atoms with Crippen LogP contribution >= 0.6 is 0 Å². The SMILES string of the molecule is CC(=O)Nc1cc(-c2ccccc2)c(-c2ccc(C3(N)CCC3)cc2)nn1.CN(C(=O)C1CC1)C1CCCCC1. The molecule has 0 bridgehead atoms. The zero-order chi connectivity index (χ0) is 28.1. The molecule has 0 radical (unpaired) electrons. The van der Waals surface area contributed by atoms with Gasteiger partial charge in [0.2, 0.25) is 11.8 Å². The number of amides is 2. The van der Waals surface area contributed by atoms with Gasteiger partial charge in [0.05, 0.1) is 0 Å². The lowest BCUT2D eigenvalue weighted by atomic mass is 9.72. The van der Waals surface area contributed by atoms with Crippen molar-refractivity contribution in [2.75, 3.05) is 12.4 Å². The van der Waals surface area contributed by atoms with E-state index >= 15 is 0 Å². The number of hydrogen-bond acceptors (Lipinski definition) is 5. The summed E-state index contributed by atoms with van der Waals surface area (Å²) in [6.45, 7) is 1.46. The van der Waals surface area contributed by atoms with Gasteiger partial charge in [0.25, 0.3) is 0 Å². The average Bonchev–Trinajstić information content (AvgIpc) is 3.82. The summed E-state index contributed by atoms with van der Waals surface area (Å²) in [5.41, 5.74) is 11.1. The smallest absolute Gasteiger partial charge is 0.225 e. The summed E-state index contributed by atoms with van der Waals surface area (Å²) in [6, 6.07) is 20.7. The summed E-state index contributed by atoms with van der Waals surface area (Å²) in [5.74, 6) is 1.07. The van der Waals surface area contributed by atoms with Gasteiger partial charge in [0.15, 0.2) is 5.82 Å². The molecule has 40 heavy (non-hydrogen) atoms. The lowest BCUT2D eigenvalue weighted by Crippen LogP contribution is -2.43. The average molecular weight is 540 g/mol. The number of benzene rings is 2. The molecule has 0 spiro atoms. The minimum absolute atomic E-state index is 0.172. The second-order valence-corrected chi connectivity index (χ2v) is 11.6. The van der Waals surface area contributed by atoms with Crippen LogP contribution in [-0.4, -0.2) is 40.0 Å². The maximum absolute atomic E-state index is 11.7. The fourth-order valence-corrected chi connectivity index (χ4v) is 5.76. The zero-order valence-electron chi connectivity index (χ0n) is 23.7. The van der Waals surface area contributed by atoms with Crippen LogP contribution in [0.15, 0.2) is 60.7 Å². The van der Waals surface area contributed by atoms with Crippen molar-refractivity contribution in [3.8, 4) is 22.4 Å². The number of carbonyl (C=O) groups is 2. The maximum Gasteiger partial charge on any atom is 0.225 e. The largest absolute Gasteiger partial charge is 0.343 e. The minimum atomic E-state index is -0.179. The van der Waals surface area contributed by atoms with Crippen LogP contribution in [0.4, 0.5) is 5.82 Å². The Labute approximate surface area is 237 Å². The third-order valence-corrected chi connectivity index (χ3v) is 8.56. The predicted molar refractivity (Wildman–Crippen MR) is 159 cm³/mol. The van der Waals surface area contributed by atoms with E-state index in [4.69, 9.17) is 5.73 Å². The monoisotopic (exact) mass is 539 g/mol. The first-order valence-electron chi connectivity index (χ1n) is 14.7. The fraction of sp³-hybridized carbons (Fsp3) is 0.455. The molecule has 1 aromatic heterocycles.